The lowest BCUT2D eigenvalue weighted by Crippen LogP contribution is -2.30. The van der Waals surface area contributed by atoms with E-state index in [-0.39, 0.29) is 23.4 Å². The Labute approximate surface area is 183 Å². The molecule has 1 atom stereocenters. The Bertz CT molecular complexity index is 1180. The summed E-state index contributed by atoms with van der Waals surface area (Å²) in [5, 5.41) is 23.2. The van der Waals surface area contributed by atoms with Crippen LogP contribution in [0.2, 0.25) is 5.02 Å². The highest BCUT2D eigenvalue weighted by Gasteiger charge is 2.28. The number of pyridine rings is 1. The molecule has 0 bridgehead atoms. The summed E-state index contributed by atoms with van der Waals surface area (Å²) in [6.45, 7) is 5.83. The van der Waals surface area contributed by atoms with Crippen LogP contribution in [0.1, 0.15) is 42.7 Å². The molecular formula is C23H24ClFN2O4. The number of benzene rings is 2. The van der Waals surface area contributed by atoms with Gasteiger partial charge in [0.25, 0.3) is 0 Å². The maximum atomic E-state index is 13.1. The average Bonchev–Trinajstić information content (AvgIpc) is 2.69. The number of nitrogens with one attached hydrogen (secondary N) is 1. The number of carbonyl (C=O) groups is 1. The zero-order valence-corrected chi connectivity index (χ0v) is 18.2. The Morgan fingerprint density at radius 2 is 1.87 bits per heavy atom. The number of hydrogen-bond donors (Lipinski definition) is 3. The molecule has 6 nitrogen and oxygen atoms in total. The van der Waals surface area contributed by atoms with Gasteiger partial charge >= 0.3 is 5.97 Å². The van der Waals surface area contributed by atoms with Crippen LogP contribution in [0, 0.1) is 11.2 Å². The Hall–Kier alpha value is -2.90. The Morgan fingerprint density at radius 1 is 1.23 bits per heavy atom. The maximum absolute atomic E-state index is 13.1. The van der Waals surface area contributed by atoms with Gasteiger partial charge in [0.1, 0.15) is 11.4 Å². The highest BCUT2D eigenvalue weighted by atomic mass is 35.5. The van der Waals surface area contributed by atoms with Gasteiger partial charge in [0.2, 0.25) is 5.43 Å². The van der Waals surface area contributed by atoms with Gasteiger partial charge in [-0.3, -0.25) is 4.79 Å². The van der Waals surface area contributed by atoms with Crippen molar-refractivity contribution in [1.82, 2.24) is 4.57 Å². The number of aromatic carboxylic acids is 1. The van der Waals surface area contributed by atoms with E-state index in [1.807, 2.05) is 20.8 Å². The Kier molecular flexibility index (Phi) is 6.38. The number of anilines is 1. The minimum absolute atomic E-state index is 0.175. The van der Waals surface area contributed by atoms with Gasteiger partial charge in [-0.05, 0) is 35.2 Å². The normalized spacial score (nSPS) is 12.7. The molecule has 0 spiro atoms. The fraction of sp³-hybridized carbons (Fsp3) is 0.304. The van der Waals surface area contributed by atoms with Crippen LogP contribution in [0.25, 0.3) is 10.9 Å². The van der Waals surface area contributed by atoms with Crippen LogP contribution >= 0.6 is 11.6 Å². The van der Waals surface area contributed by atoms with E-state index >= 15 is 0 Å². The average molecular weight is 447 g/mol. The van der Waals surface area contributed by atoms with Gasteiger partial charge < -0.3 is 20.1 Å². The number of fused-ring (bicyclic) bond motifs is 1. The molecular weight excluding hydrogens is 423 g/mol. The molecule has 0 aliphatic carbocycles. The van der Waals surface area contributed by atoms with Crippen molar-refractivity contribution >= 4 is 34.2 Å². The highest BCUT2D eigenvalue weighted by Crippen LogP contribution is 2.35. The molecule has 3 N–H and O–H groups in total. The molecule has 8 heteroatoms. The van der Waals surface area contributed by atoms with E-state index in [0.29, 0.717) is 22.8 Å². The van der Waals surface area contributed by atoms with E-state index in [1.54, 1.807) is 22.8 Å². The number of halogens is 2. The number of nitrogens with zero attached hydrogens (tertiary/aromatic N) is 1. The predicted octanol–water partition coefficient (Wildman–Crippen LogP) is 4.68. The number of aliphatic hydroxyl groups excluding tert-OH is 1. The van der Waals surface area contributed by atoms with Crippen molar-refractivity contribution in [2.75, 3.05) is 11.9 Å². The molecule has 0 aliphatic rings. The van der Waals surface area contributed by atoms with Gasteiger partial charge in [-0.25, -0.2) is 9.18 Å². The van der Waals surface area contributed by atoms with Gasteiger partial charge in [-0.1, -0.05) is 44.5 Å². The number of aliphatic hydroxyl groups is 1. The first-order valence-corrected chi connectivity index (χ1v) is 10.1. The van der Waals surface area contributed by atoms with Crippen molar-refractivity contribution < 1.29 is 19.4 Å². The van der Waals surface area contributed by atoms with Crippen molar-refractivity contribution in [3.8, 4) is 0 Å². The van der Waals surface area contributed by atoms with E-state index in [1.165, 1.54) is 24.4 Å². The fourth-order valence-electron chi connectivity index (χ4n) is 3.49. The van der Waals surface area contributed by atoms with Crippen molar-refractivity contribution in [1.29, 1.82) is 0 Å². The monoisotopic (exact) mass is 446 g/mol. The summed E-state index contributed by atoms with van der Waals surface area (Å²) in [6, 6.07) is 8.57. The van der Waals surface area contributed by atoms with E-state index in [4.69, 9.17) is 11.6 Å². The topological polar surface area (TPSA) is 91.6 Å². The fourth-order valence-corrected chi connectivity index (χ4v) is 3.72. The first-order chi connectivity index (χ1) is 14.5. The van der Waals surface area contributed by atoms with Crippen LogP contribution in [0.5, 0.6) is 0 Å². The lowest BCUT2D eigenvalue weighted by molar-refractivity contribution is 0.0692. The largest absolute Gasteiger partial charge is 0.477 e. The number of carboxylic acids is 1. The standard InChI is InChI=1S/C23H24ClFN2O4/c1-23(2,3)20(12-28)27-11-16(22(30)31)21(29)15-8-18(17(24)9-19(15)27)26-10-13-4-6-14(25)7-5-13/h4-9,11,20,26,28H,10,12H2,1-3H3,(H,30,31). The molecule has 0 radical (unpaired) electrons. The maximum Gasteiger partial charge on any atom is 0.341 e. The van der Waals surface area contributed by atoms with E-state index in [2.05, 4.69) is 5.32 Å². The second kappa shape index (κ2) is 8.69. The number of hydrogen-bond acceptors (Lipinski definition) is 4. The quantitative estimate of drug-likeness (QED) is 0.511. The number of rotatable bonds is 6. The van der Waals surface area contributed by atoms with Gasteiger partial charge in [0, 0.05) is 18.1 Å². The lowest BCUT2D eigenvalue weighted by atomic mass is 9.86. The van der Waals surface area contributed by atoms with Gasteiger partial charge in [-0.15, -0.1) is 0 Å². The third-order valence-electron chi connectivity index (χ3n) is 5.26. The first kappa shape index (κ1) is 22.8. The second-order valence-electron chi connectivity index (χ2n) is 8.48. The Balaban J connectivity index is 2.16. The molecule has 1 unspecified atom stereocenters. The molecule has 31 heavy (non-hydrogen) atoms. The van der Waals surface area contributed by atoms with Gasteiger partial charge in [0.15, 0.2) is 0 Å². The molecule has 2 aromatic carbocycles. The summed E-state index contributed by atoms with van der Waals surface area (Å²) in [4.78, 5) is 24.6. The van der Waals surface area contributed by atoms with Gasteiger partial charge in [0.05, 0.1) is 28.9 Å². The summed E-state index contributed by atoms with van der Waals surface area (Å²) in [6.07, 6.45) is 1.26. The van der Waals surface area contributed by atoms with E-state index in [9.17, 15) is 24.2 Å². The highest BCUT2D eigenvalue weighted by molar-refractivity contribution is 6.34. The van der Waals surface area contributed by atoms with Crippen LogP contribution in [0.15, 0.2) is 47.4 Å². The zero-order valence-electron chi connectivity index (χ0n) is 17.4. The van der Waals surface area contributed by atoms with Gasteiger partial charge in [-0.2, -0.15) is 0 Å². The predicted molar refractivity (Wildman–Crippen MR) is 119 cm³/mol. The molecule has 164 valence electrons. The summed E-state index contributed by atoms with van der Waals surface area (Å²) in [5.74, 6) is -1.69. The SMILES string of the molecule is CC(C)(C)C(CO)n1cc(C(=O)O)c(=O)c2cc(NCc3ccc(F)cc3)c(Cl)cc21. The summed E-state index contributed by atoms with van der Waals surface area (Å²) in [5.41, 5.74) is 0.246. The molecule has 1 heterocycles. The number of carboxylic acid groups (broad SMARTS) is 1. The van der Waals surface area contributed by atoms with Crippen molar-refractivity contribution in [2.24, 2.45) is 5.41 Å². The summed E-state index contributed by atoms with van der Waals surface area (Å²) < 4.78 is 14.7. The molecule has 3 aromatic rings. The van der Waals surface area contributed by atoms with Crippen LogP contribution < -0.4 is 10.7 Å². The molecule has 3 rings (SSSR count). The molecule has 0 saturated heterocycles. The van der Waals surface area contributed by atoms with Crippen molar-refractivity contribution in [3.05, 3.63) is 74.8 Å². The summed E-state index contributed by atoms with van der Waals surface area (Å²) in [7, 11) is 0. The van der Waals surface area contributed by atoms with Crippen molar-refractivity contribution in [2.45, 2.75) is 33.4 Å². The minimum Gasteiger partial charge on any atom is -0.477 e. The zero-order chi connectivity index (χ0) is 22.9. The van der Waals surface area contributed by atoms with Crippen LogP contribution in [0.3, 0.4) is 0 Å². The third kappa shape index (κ3) is 4.73. The summed E-state index contributed by atoms with van der Waals surface area (Å²) >= 11 is 6.47. The second-order valence-corrected chi connectivity index (χ2v) is 8.89. The Morgan fingerprint density at radius 3 is 2.42 bits per heavy atom. The molecule has 0 amide bonds. The minimum atomic E-state index is -1.35. The smallest absolute Gasteiger partial charge is 0.341 e. The van der Waals surface area contributed by atoms with Crippen LogP contribution in [0.4, 0.5) is 10.1 Å². The van der Waals surface area contributed by atoms with E-state index in [0.717, 1.165) is 5.56 Å². The molecule has 1 aromatic heterocycles. The molecule has 0 fully saturated rings. The first-order valence-electron chi connectivity index (χ1n) is 9.73. The molecule has 0 saturated carbocycles. The molecule has 0 aliphatic heterocycles. The van der Waals surface area contributed by atoms with Crippen LogP contribution in [-0.4, -0.2) is 27.4 Å². The third-order valence-corrected chi connectivity index (χ3v) is 5.57. The van der Waals surface area contributed by atoms with Crippen molar-refractivity contribution in [3.63, 3.8) is 0 Å². The van der Waals surface area contributed by atoms with Crippen LogP contribution in [-0.2, 0) is 6.54 Å². The number of aromatic nitrogens is 1. The lowest BCUT2D eigenvalue weighted by Gasteiger charge is -2.33. The van der Waals surface area contributed by atoms with E-state index < -0.39 is 22.9 Å².